The molecule has 138 valence electrons. The fourth-order valence-corrected chi connectivity index (χ4v) is 4.29. The topological polar surface area (TPSA) is 62.5 Å². The van der Waals surface area contributed by atoms with Crippen LogP contribution in [0, 0.1) is 5.92 Å². The van der Waals surface area contributed by atoms with Gasteiger partial charge in [-0.15, -0.1) is 11.3 Å². The number of rotatable bonds is 5. The first-order valence-corrected chi connectivity index (χ1v) is 10.1. The molecule has 0 aromatic carbocycles. The average molecular weight is 372 g/mol. The summed E-state index contributed by atoms with van der Waals surface area (Å²) in [6.07, 6.45) is 7.26. The summed E-state index contributed by atoms with van der Waals surface area (Å²) in [6, 6.07) is 4.04. The molecule has 1 aliphatic carbocycles. The molecule has 2 aromatic heterocycles. The third kappa shape index (κ3) is 3.73. The molecule has 4 rings (SSSR count). The van der Waals surface area contributed by atoms with Gasteiger partial charge >= 0.3 is 0 Å². The minimum atomic E-state index is 0.0613. The lowest BCUT2D eigenvalue weighted by atomic mass is 10.0. The van der Waals surface area contributed by atoms with Crippen molar-refractivity contribution in [2.75, 3.05) is 26.2 Å². The molecule has 6 nitrogen and oxygen atoms in total. The summed E-state index contributed by atoms with van der Waals surface area (Å²) in [6.45, 7) is 5.30. The van der Waals surface area contributed by atoms with E-state index < -0.39 is 0 Å². The molecule has 3 heterocycles. The van der Waals surface area contributed by atoms with Crippen molar-refractivity contribution in [1.29, 1.82) is 0 Å². The maximum Gasteiger partial charge on any atom is 0.244 e. The predicted octanol–water partition coefficient (Wildman–Crippen LogP) is 3.36. The smallest absolute Gasteiger partial charge is 0.244 e. The van der Waals surface area contributed by atoms with Crippen LogP contribution in [-0.4, -0.2) is 52.0 Å². The predicted molar refractivity (Wildman–Crippen MR) is 101 cm³/mol. The van der Waals surface area contributed by atoms with E-state index in [1.807, 2.05) is 22.4 Å². The first-order chi connectivity index (χ1) is 12.7. The van der Waals surface area contributed by atoms with Crippen LogP contribution < -0.4 is 0 Å². The number of thiophene rings is 1. The number of carbonyl (C=O) groups is 1. The average Bonchev–Trinajstić information content (AvgIpc) is 3.42. The van der Waals surface area contributed by atoms with E-state index in [0.29, 0.717) is 24.1 Å². The highest BCUT2D eigenvalue weighted by Crippen LogP contribution is 2.26. The van der Waals surface area contributed by atoms with Crippen LogP contribution in [0.4, 0.5) is 0 Å². The quantitative estimate of drug-likeness (QED) is 0.753. The lowest BCUT2D eigenvalue weighted by molar-refractivity contribution is -0.134. The van der Waals surface area contributed by atoms with E-state index in [1.165, 1.54) is 0 Å². The van der Waals surface area contributed by atoms with Gasteiger partial charge in [0, 0.05) is 32.6 Å². The highest BCUT2D eigenvalue weighted by molar-refractivity contribution is 7.13. The Kier molecular flexibility index (Phi) is 5.17. The van der Waals surface area contributed by atoms with Gasteiger partial charge in [-0.3, -0.25) is 9.69 Å². The van der Waals surface area contributed by atoms with E-state index in [1.54, 1.807) is 11.3 Å². The number of carbonyl (C=O) groups excluding carboxylic acids is 1. The number of hydrogen-bond acceptors (Lipinski definition) is 6. The summed E-state index contributed by atoms with van der Waals surface area (Å²) in [4.78, 5) is 22.4. The zero-order chi connectivity index (χ0) is 17.9. The van der Waals surface area contributed by atoms with Crippen molar-refractivity contribution in [3.05, 3.63) is 35.6 Å². The lowest BCUT2D eigenvalue weighted by Gasteiger charge is -2.37. The van der Waals surface area contributed by atoms with E-state index >= 15 is 0 Å². The van der Waals surface area contributed by atoms with E-state index in [9.17, 15) is 4.79 Å². The number of aromatic nitrogens is 2. The van der Waals surface area contributed by atoms with Crippen LogP contribution in [0.3, 0.4) is 0 Å². The summed E-state index contributed by atoms with van der Waals surface area (Å²) in [7, 11) is 0. The van der Waals surface area contributed by atoms with Gasteiger partial charge in [0.15, 0.2) is 0 Å². The Labute approximate surface area is 157 Å². The van der Waals surface area contributed by atoms with Crippen molar-refractivity contribution in [2.24, 2.45) is 5.92 Å². The van der Waals surface area contributed by atoms with Crippen LogP contribution in [0.15, 0.2) is 34.2 Å². The molecule has 0 saturated carbocycles. The number of hydrogen-bond donors (Lipinski definition) is 0. The highest BCUT2D eigenvalue weighted by atomic mass is 32.1. The molecule has 1 fully saturated rings. The summed E-state index contributed by atoms with van der Waals surface area (Å²) in [5.74, 6) is 2.02. The third-order valence-electron chi connectivity index (χ3n) is 5.30. The van der Waals surface area contributed by atoms with Gasteiger partial charge in [0.25, 0.3) is 0 Å². The Morgan fingerprint density at radius 3 is 2.92 bits per heavy atom. The normalized spacial score (nSPS) is 22.0. The van der Waals surface area contributed by atoms with Gasteiger partial charge < -0.3 is 9.42 Å². The molecule has 2 unspecified atom stereocenters. The molecular weight excluding hydrogens is 348 g/mol. The second-order valence-corrected chi connectivity index (χ2v) is 7.94. The van der Waals surface area contributed by atoms with Crippen molar-refractivity contribution < 1.29 is 9.32 Å². The molecular formula is C19H24N4O2S. The third-order valence-corrected chi connectivity index (χ3v) is 6.17. The minimum Gasteiger partial charge on any atom is -0.340 e. The van der Waals surface area contributed by atoms with Crippen LogP contribution in [0.1, 0.15) is 38.1 Å². The molecule has 0 spiro atoms. The fourth-order valence-electron chi connectivity index (χ4n) is 3.64. The Hall–Kier alpha value is -1.99. The van der Waals surface area contributed by atoms with E-state index in [4.69, 9.17) is 4.52 Å². The van der Waals surface area contributed by atoms with Crippen molar-refractivity contribution in [1.82, 2.24) is 19.9 Å². The lowest BCUT2D eigenvalue weighted by Crippen LogP contribution is -2.49. The molecule has 0 bridgehead atoms. The van der Waals surface area contributed by atoms with Crippen molar-refractivity contribution >= 4 is 17.2 Å². The summed E-state index contributed by atoms with van der Waals surface area (Å²) >= 11 is 1.61. The Bertz CT molecular complexity index is 762. The van der Waals surface area contributed by atoms with Crippen LogP contribution in [0.5, 0.6) is 0 Å². The molecule has 0 radical (unpaired) electrons. The van der Waals surface area contributed by atoms with Gasteiger partial charge in [-0.25, -0.2) is 0 Å². The molecule has 7 heteroatoms. The molecule has 2 aromatic rings. The fraction of sp³-hybridized carbons (Fsp3) is 0.526. The molecule has 1 amide bonds. The minimum absolute atomic E-state index is 0.0613. The molecule has 26 heavy (non-hydrogen) atoms. The molecule has 2 aliphatic rings. The standard InChI is InChI=1S/C19H24N4O2S/c1-14(19-20-18(21-25-19)16-7-4-12-26-16)22-8-10-23(11-9-22)17(24)13-15-5-2-3-6-15/h2,4-5,7,12,14-15H,3,6,8-11,13H2,1H3. The van der Waals surface area contributed by atoms with Crippen LogP contribution in [0.25, 0.3) is 10.7 Å². The van der Waals surface area contributed by atoms with Gasteiger partial charge in [-0.2, -0.15) is 4.98 Å². The Balaban J connectivity index is 1.31. The Morgan fingerprint density at radius 2 is 2.23 bits per heavy atom. The van der Waals surface area contributed by atoms with Crippen molar-refractivity contribution in [2.45, 2.75) is 32.2 Å². The number of amides is 1. The highest BCUT2D eigenvalue weighted by Gasteiger charge is 2.28. The van der Waals surface area contributed by atoms with Gasteiger partial charge in [0.05, 0.1) is 10.9 Å². The van der Waals surface area contributed by atoms with Crippen LogP contribution in [-0.2, 0) is 4.79 Å². The van der Waals surface area contributed by atoms with Gasteiger partial charge in [-0.05, 0) is 37.1 Å². The van der Waals surface area contributed by atoms with Crippen molar-refractivity contribution in [3.8, 4) is 10.7 Å². The van der Waals surface area contributed by atoms with E-state index in [-0.39, 0.29) is 11.9 Å². The van der Waals surface area contributed by atoms with Crippen LogP contribution in [0.2, 0.25) is 0 Å². The number of piperazine rings is 1. The van der Waals surface area contributed by atoms with Crippen molar-refractivity contribution in [3.63, 3.8) is 0 Å². The molecule has 0 N–H and O–H groups in total. The second-order valence-electron chi connectivity index (χ2n) is 7.00. The summed E-state index contributed by atoms with van der Waals surface area (Å²) < 4.78 is 5.48. The zero-order valence-corrected chi connectivity index (χ0v) is 15.8. The molecule has 2 atom stereocenters. The van der Waals surface area contributed by atoms with Gasteiger partial charge in [0.1, 0.15) is 0 Å². The first kappa shape index (κ1) is 17.4. The SMILES string of the molecule is CC(c1nc(-c2cccs2)no1)N1CCN(C(=O)CC2C=CCC2)CC1. The van der Waals surface area contributed by atoms with E-state index in [2.05, 4.69) is 34.1 Å². The first-order valence-electron chi connectivity index (χ1n) is 9.26. The zero-order valence-electron chi connectivity index (χ0n) is 15.0. The monoisotopic (exact) mass is 372 g/mol. The second kappa shape index (κ2) is 7.72. The maximum absolute atomic E-state index is 12.5. The largest absolute Gasteiger partial charge is 0.340 e. The summed E-state index contributed by atoms with van der Waals surface area (Å²) in [5.41, 5.74) is 0. The maximum atomic E-state index is 12.5. The molecule has 1 saturated heterocycles. The number of allylic oxidation sites excluding steroid dienone is 2. The van der Waals surface area contributed by atoms with Gasteiger partial charge in [0.2, 0.25) is 17.6 Å². The Morgan fingerprint density at radius 1 is 1.38 bits per heavy atom. The van der Waals surface area contributed by atoms with Crippen LogP contribution >= 0.6 is 11.3 Å². The molecule has 1 aliphatic heterocycles. The number of nitrogens with zero attached hydrogens (tertiary/aromatic N) is 4. The van der Waals surface area contributed by atoms with E-state index in [0.717, 1.165) is 43.9 Å². The summed E-state index contributed by atoms with van der Waals surface area (Å²) in [5, 5.41) is 6.11. The van der Waals surface area contributed by atoms with Gasteiger partial charge in [-0.1, -0.05) is 23.4 Å².